The summed E-state index contributed by atoms with van der Waals surface area (Å²) >= 11 is 12.4. The van der Waals surface area contributed by atoms with Crippen LogP contribution in [0.4, 0.5) is 0 Å². The second kappa shape index (κ2) is 6.33. The summed E-state index contributed by atoms with van der Waals surface area (Å²) in [5.74, 6) is 0. The van der Waals surface area contributed by atoms with E-state index >= 15 is 0 Å². The molecule has 0 unspecified atom stereocenters. The first-order valence-electron chi connectivity index (χ1n) is 4.50. The molecular formula is C8H18Cl2Si. The summed E-state index contributed by atoms with van der Waals surface area (Å²) in [7, 11) is 0. The lowest BCUT2D eigenvalue weighted by atomic mass is 10.4. The fraction of sp³-hybridized carbons (Fsp3) is 1.00. The van der Waals surface area contributed by atoms with Gasteiger partial charge in [-0.15, -0.1) is 22.2 Å². The molecule has 0 spiro atoms. The second-order valence-corrected chi connectivity index (χ2v) is 10.7. The highest BCUT2D eigenvalue weighted by atomic mass is 35.7. The quantitative estimate of drug-likeness (QED) is 0.450. The minimum absolute atomic E-state index is 1.08. The van der Waals surface area contributed by atoms with E-state index < -0.39 is 6.69 Å². The van der Waals surface area contributed by atoms with Gasteiger partial charge in [0.25, 0.3) is 6.69 Å². The molecule has 0 saturated carbocycles. The SMILES string of the molecule is CCCC[Si](Cl)(Cl)CCCC. The van der Waals surface area contributed by atoms with Crippen LogP contribution in [-0.4, -0.2) is 6.69 Å². The van der Waals surface area contributed by atoms with Crippen LogP contribution in [0.2, 0.25) is 12.1 Å². The Bertz CT molecular complexity index is 84.1. The van der Waals surface area contributed by atoms with Gasteiger partial charge in [-0.25, -0.2) is 0 Å². The Labute approximate surface area is 80.7 Å². The van der Waals surface area contributed by atoms with Gasteiger partial charge in [0, 0.05) is 0 Å². The maximum Gasteiger partial charge on any atom is 0.251 e. The lowest BCUT2D eigenvalue weighted by molar-refractivity contribution is 0.845. The van der Waals surface area contributed by atoms with Crippen molar-refractivity contribution in [3.63, 3.8) is 0 Å². The number of hydrogen-bond donors (Lipinski definition) is 0. The average Bonchev–Trinajstić information content (AvgIpc) is 1.97. The fourth-order valence-corrected chi connectivity index (χ4v) is 4.59. The van der Waals surface area contributed by atoms with Gasteiger partial charge in [0.05, 0.1) is 0 Å². The minimum Gasteiger partial charge on any atom is -0.146 e. The first-order valence-corrected chi connectivity index (χ1v) is 8.94. The highest BCUT2D eigenvalue weighted by Gasteiger charge is 2.25. The Kier molecular flexibility index (Phi) is 6.79. The standard InChI is InChI=1S/C8H18Cl2Si/c1-3-5-7-11(9,10)8-6-4-2/h3-8H2,1-2H3. The molecule has 0 aromatic heterocycles. The van der Waals surface area contributed by atoms with E-state index in [4.69, 9.17) is 22.2 Å². The van der Waals surface area contributed by atoms with Gasteiger partial charge < -0.3 is 0 Å². The van der Waals surface area contributed by atoms with Crippen LogP contribution >= 0.6 is 22.2 Å². The van der Waals surface area contributed by atoms with Crippen molar-refractivity contribution in [2.75, 3.05) is 0 Å². The van der Waals surface area contributed by atoms with Crippen LogP contribution in [0.3, 0.4) is 0 Å². The third-order valence-corrected chi connectivity index (χ3v) is 6.23. The first kappa shape index (κ1) is 11.8. The molecule has 68 valence electrons. The summed E-state index contributed by atoms with van der Waals surface area (Å²) in [6, 6.07) is 2.15. The summed E-state index contributed by atoms with van der Waals surface area (Å²) in [5.41, 5.74) is 0. The molecule has 0 aliphatic rings. The maximum atomic E-state index is 6.20. The Morgan fingerprint density at radius 3 is 1.55 bits per heavy atom. The van der Waals surface area contributed by atoms with Crippen molar-refractivity contribution < 1.29 is 0 Å². The van der Waals surface area contributed by atoms with Crippen LogP contribution < -0.4 is 0 Å². The number of halogens is 2. The van der Waals surface area contributed by atoms with E-state index in [-0.39, 0.29) is 0 Å². The monoisotopic (exact) mass is 212 g/mol. The van der Waals surface area contributed by atoms with Gasteiger partial charge in [0.15, 0.2) is 0 Å². The van der Waals surface area contributed by atoms with Gasteiger partial charge in [0.1, 0.15) is 0 Å². The zero-order valence-corrected chi connectivity index (χ0v) is 10.0. The van der Waals surface area contributed by atoms with Crippen LogP contribution in [0.5, 0.6) is 0 Å². The van der Waals surface area contributed by atoms with Crippen LogP contribution in [0.25, 0.3) is 0 Å². The summed E-state index contributed by atoms with van der Waals surface area (Å²) in [5, 5.41) is 0. The van der Waals surface area contributed by atoms with Gasteiger partial charge >= 0.3 is 0 Å². The summed E-state index contributed by atoms with van der Waals surface area (Å²) in [6.45, 7) is 2.56. The van der Waals surface area contributed by atoms with Crippen molar-refractivity contribution in [3.05, 3.63) is 0 Å². The van der Waals surface area contributed by atoms with E-state index in [9.17, 15) is 0 Å². The van der Waals surface area contributed by atoms with Crippen molar-refractivity contribution in [1.29, 1.82) is 0 Å². The van der Waals surface area contributed by atoms with Gasteiger partial charge in [-0.3, -0.25) is 0 Å². The van der Waals surface area contributed by atoms with Crippen molar-refractivity contribution in [2.45, 2.75) is 51.6 Å². The predicted octanol–water partition coefficient (Wildman–Crippen LogP) is 4.51. The molecule has 0 N–H and O–H groups in total. The van der Waals surface area contributed by atoms with Gasteiger partial charge in [-0.1, -0.05) is 39.5 Å². The van der Waals surface area contributed by atoms with Crippen molar-refractivity contribution in [3.8, 4) is 0 Å². The highest BCUT2D eigenvalue weighted by Crippen LogP contribution is 2.29. The van der Waals surface area contributed by atoms with E-state index in [1.807, 2.05) is 0 Å². The first-order chi connectivity index (χ1) is 5.12. The topological polar surface area (TPSA) is 0 Å². The molecule has 0 heterocycles. The fourth-order valence-electron chi connectivity index (χ4n) is 0.996. The number of hydrogen-bond acceptors (Lipinski definition) is 0. The zero-order valence-electron chi connectivity index (χ0n) is 7.50. The summed E-state index contributed by atoms with van der Waals surface area (Å²) in [6.07, 6.45) is 4.81. The van der Waals surface area contributed by atoms with E-state index in [2.05, 4.69) is 13.8 Å². The van der Waals surface area contributed by atoms with E-state index in [1.165, 1.54) is 25.7 Å². The Hall–Kier alpha value is 0.797. The Morgan fingerprint density at radius 2 is 1.27 bits per heavy atom. The molecule has 0 aliphatic heterocycles. The highest BCUT2D eigenvalue weighted by molar-refractivity contribution is 7.45. The van der Waals surface area contributed by atoms with Crippen LogP contribution in [0.15, 0.2) is 0 Å². The lowest BCUT2D eigenvalue weighted by Crippen LogP contribution is -2.17. The molecule has 0 aromatic rings. The average molecular weight is 213 g/mol. The van der Waals surface area contributed by atoms with Gasteiger partial charge in [-0.05, 0) is 12.1 Å². The molecule has 0 saturated heterocycles. The minimum atomic E-state index is -1.80. The van der Waals surface area contributed by atoms with Gasteiger partial charge in [0.2, 0.25) is 0 Å². The normalized spacial score (nSPS) is 12.0. The Balaban J connectivity index is 3.43. The second-order valence-electron chi connectivity index (χ2n) is 3.06. The van der Waals surface area contributed by atoms with Gasteiger partial charge in [-0.2, -0.15) is 0 Å². The lowest BCUT2D eigenvalue weighted by Gasteiger charge is -2.14. The molecule has 0 radical (unpaired) electrons. The third kappa shape index (κ3) is 7.17. The van der Waals surface area contributed by atoms with E-state index in [0.717, 1.165) is 12.1 Å². The predicted molar refractivity (Wildman–Crippen MR) is 56.9 cm³/mol. The zero-order chi connectivity index (χ0) is 8.74. The number of rotatable bonds is 6. The van der Waals surface area contributed by atoms with E-state index in [1.54, 1.807) is 0 Å². The molecule has 11 heavy (non-hydrogen) atoms. The smallest absolute Gasteiger partial charge is 0.146 e. The molecule has 3 heteroatoms. The van der Waals surface area contributed by atoms with Crippen molar-refractivity contribution in [2.24, 2.45) is 0 Å². The van der Waals surface area contributed by atoms with Crippen LogP contribution in [0, 0.1) is 0 Å². The molecule has 0 aliphatic carbocycles. The molecule has 0 nitrogen and oxygen atoms in total. The molecular weight excluding hydrogens is 195 g/mol. The number of unbranched alkanes of at least 4 members (excludes halogenated alkanes) is 2. The third-order valence-electron chi connectivity index (χ3n) is 1.79. The molecule has 0 aromatic carbocycles. The molecule has 0 amide bonds. The van der Waals surface area contributed by atoms with Crippen LogP contribution in [-0.2, 0) is 0 Å². The van der Waals surface area contributed by atoms with Crippen molar-refractivity contribution >= 4 is 28.9 Å². The Morgan fingerprint density at radius 1 is 0.909 bits per heavy atom. The van der Waals surface area contributed by atoms with Crippen molar-refractivity contribution in [1.82, 2.24) is 0 Å². The summed E-state index contributed by atoms with van der Waals surface area (Å²) < 4.78 is 0. The largest absolute Gasteiger partial charge is 0.251 e. The van der Waals surface area contributed by atoms with E-state index in [0.29, 0.717) is 0 Å². The maximum absolute atomic E-state index is 6.20. The molecule has 0 rings (SSSR count). The summed E-state index contributed by atoms with van der Waals surface area (Å²) in [4.78, 5) is 0. The molecule has 0 atom stereocenters. The van der Waals surface area contributed by atoms with Crippen LogP contribution in [0.1, 0.15) is 39.5 Å². The molecule has 0 bridgehead atoms. The molecule has 0 fully saturated rings.